The number of hydrogen-bond acceptors (Lipinski definition) is 4. The van der Waals surface area contributed by atoms with Crippen molar-refractivity contribution in [1.29, 1.82) is 0 Å². The fourth-order valence-corrected chi connectivity index (χ4v) is 6.73. The van der Waals surface area contributed by atoms with E-state index >= 15 is 0 Å². The molecule has 2 aliphatic rings. The Labute approximate surface area is 166 Å². The highest BCUT2D eigenvalue weighted by molar-refractivity contribution is 7.92. The first-order chi connectivity index (χ1) is 13.5. The number of nitrogens with one attached hydrogen (secondary N) is 1. The second-order valence-electron chi connectivity index (χ2n) is 7.94. The topological polar surface area (TPSA) is 49.4 Å². The molecular weight excluding hydrogens is 375 g/mol. The Balaban J connectivity index is 1.72. The highest BCUT2D eigenvalue weighted by atomic mass is 32.2. The third-order valence-electron chi connectivity index (χ3n) is 6.03. The molecule has 2 unspecified atom stereocenters. The van der Waals surface area contributed by atoms with E-state index < -0.39 is 15.2 Å². The summed E-state index contributed by atoms with van der Waals surface area (Å²) in [6, 6.07) is 12.4. The average molecular weight is 403 g/mol. The van der Waals surface area contributed by atoms with Gasteiger partial charge in [0.25, 0.3) is 0 Å². The minimum absolute atomic E-state index is 0.0226. The van der Waals surface area contributed by atoms with Crippen molar-refractivity contribution in [3.05, 3.63) is 65.0 Å². The van der Waals surface area contributed by atoms with Crippen molar-refractivity contribution in [2.45, 2.75) is 43.0 Å². The van der Waals surface area contributed by atoms with Crippen LogP contribution in [0.4, 0.5) is 4.39 Å². The van der Waals surface area contributed by atoms with Crippen LogP contribution in [0.5, 0.6) is 0 Å². The molecule has 0 aromatic heterocycles. The van der Waals surface area contributed by atoms with Crippen LogP contribution in [0.2, 0.25) is 0 Å². The van der Waals surface area contributed by atoms with Crippen LogP contribution in [0.15, 0.2) is 47.4 Å². The lowest BCUT2D eigenvalue weighted by atomic mass is 9.95. The number of piperidine rings is 1. The minimum Gasteiger partial charge on any atom is -0.316 e. The van der Waals surface area contributed by atoms with Crippen molar-refractivity contribution in [3.8, 4) is 0 Å². The second-order valence-corrected chi connectivity index (χ2v) is 9.99. The van der Waals surface area contributed by atoms with Crippen LogP contribution in [-0.4, -0.2) is 38.3 Å². The average Bonchev–Trinajstić information content (AvgIpc) is 2.70. The Morgan fingerprint density at radius 2 is 1.96 bits per heavy atom. The Bertz CT molecular complexity index is 955. The van der Waals surface area contributed by atoms with E-state index in [9.17, 15) is 12.8 Å². The number of sulfone groups is 1. The Morgan fingerprint density at radius 3 is 2.68 bits per heavy atom. The maximum atomic E-state index is 13.7. The maximum absolute atomic E-state index is 13.7. The van der Waals surface area contributed by atoms with Crippen LogP contribution < -0.4 is 5.32 Å². The fourth-order valence-electron chi connectivity index (χ4n) is 4.54. The number of benzene rings is 2. The summed E-state index contributed by atoms with van der Waals surface area (Å²) in [6.07, 6.45) is 2.71. The zero-order chi connectivity index (χ0) is 19.7. The van der Waals surface area contributed by atoms with Gasteiger partial charge in [-0.25, -0.2) is 12.8 Å². The van der Waals surface area contributed by atoms with Crippen LogP contribution in [0.1, 0.15) is 29.5 Å². The quantitative estimate of drug-likeness (QED) is 0.798. The predicted octanol–water partition coefficient (Wildman–Crippen LogP) is 3.29. The molecule has 150 valence electrons. The molecule has 0 amide bonds. The van der Waals surface area contributed by atoms with Crippen molar-refractivity contribution in [2.75, 3.05) is 19.6 Å². The Kier molecular flexibility index (Phi) is 5.54. The SMILES string of the molecule is Cc1cc(S(=O)(=O)C(C2CCCNC2)N2CCc3ccccc3C2)ccc1F. The number of hydrogen-bond donors (Lipinski definition) is 1. The lowest BCUT2D eigenvalue weighted by Gasteiger charge is -2.40. The summed E-state index contributed by atoms with van der Waals surface area (Å²) in [6.45, 7) is 4.60. The van der Waals surface area contributed by atoms with Crippen molar-refractivity contribution in [2.24, 2.45) is 5.92 Å². The highest BCUT2D eigenvalue weighted by Crippen LogP contribution is 2.32. The summed E-state index contributed by atoms with van der Waals surface area (Å²) < 4.78 is 41.2. The summed E-state index contributed by atoms with van der Waals surface area (Å²) in [5.74, 6) is -0.351. The third kappa shape index (κ3) is 3.73. The van der Waals surface area contributed by atoms with E-state index in [0.717, 1.165) is 32.4 Å². The Morgan fingerprint density at radius 1 is 1.18 bits per heavy atom. The van der Waals surface area contributed by atoms with E-state index in [2.05, 4.69) is 22.3 Å². The number of rotatable bonds is 4. The summed E-state index contributed by atoms with van der Waals surface area (Å²) in [5.41, 5.74) is 2.87. The van der Waals surface area contributed by atoms with Gasteiger partial charge in [-0.15, -0.1) is 0 Å². The van der Waals surface area contributed by atoms with Gasteiger partial charge in [-0.05, 0) is 67.6 Å². The second kappa shape index (κ2) is 7.93. The van der Waals surface area contributed by atoms with Gasteiger partial charge < -0.3 is 5.32 Å². The molecule has 4 nitrogen and oxygen atoms in total. The number of halogens is 1. The maximum Gasteiger partial charge on any atom is 0.194 e. The zero-order valence-corrected chi connectivity index (χ0v) is 17.0. The van der Waals surface area contributed by atoms with E-state index in [4.69, 9.17) is 0 Å². The van der Waals surface area contributed by atoms with Gasteiger partial charge in [-0.1, -0.05) is 24.3 Å². The molecule has 2 heterocycles. The van der Waals surface area contributed by atoms with Gasteiger partial charge in [0, 0.05) is 25.6 Å². The molecule has 6 heteroatoms. The molecule has 2 aromatic carbocycles. The standard InChI is InChI=1S/C22H27FN2O2S/c1-16-13-20(8-9-21(16)23)28(26,27)22(18-7-4-11-24-14-18)25-12-10-17-5-2-3-6-19(17)15-25/h2-3,5-6,8-9,13,18,22,24H,4,7,10-12,14-15H2,1H3. The smallest absolute Gasteiger partial charge is 0.194 e. The first-order valence-corrected chi connectivity index (χ1v) is 11.5. The third-order valence-corrected chi connectivity index (χ3v) is 8.26. The molecular formula is C22H27FN2O2S. The van der Waals surface area contributed by atoms with Gasteiger partial charge in [-0.3, -0.25) is 4.90 Å². The highest BCUT2D eigenvalue weighted by Gasteiger charge is 2.40. The molecule has 28 heavy (non-hydrogen) atoms. The van der Waals surface area contributed by atoms with Crippen LogP contribution in [-0.2, 0) is 22.8 Å². The van der Waals surface area contributed by atoms with E-state index in [-0.39, 0.29) is 16.6 Å². The molecule has 0 bridgehead atoms. The van der Waals surface area contributed by atoms with Crippen molar-refractivity contribution in [3.63, 3.8) is 0 Å². The normalized spacial score (nSPS) is 21.9. The summed E-state index contributed by atoms with van der Waals surface area (Å²) in [5, 5.41) is 2.77. The van der Waals surface area contributed by atoms with Gasteiger partial charge in [0.15, 0.2) is 9.84 Å². The molecule has 2 aromatic rings. The molecule has 2 aliphatic heterocycles. The summed E-state index contributed by atoms with van der Waals surface area (Å²) in [4.78, 5) is 2.34. The Hall–Kier alpha value is -1.76. The van der Waals surface area contributed by atoms with E-state index in [0.29, 0.717) is 18.7 Å². The van der Waals surface area contributed by atoms with E-state index in [1.807, 2.05) is 12.1 Å². The monoisotopic (exact) mass is 402 g/mol. The van der Waals surface area contributed by atoms with Crippen LogP contribution in [0.25, 0.3) is 0 Å². The zero-order valence-electron chi connectivity index (χ0n) is 16.2. The minimum atomic E-state index is -3.62. The summed E-state index contributed by atoms with van der Waals surface area (Å²) in [7, 11) is -3.62. The van der Waals surface area contributed by atoms with Gasteiger partial charge in [0.2, 0.25) is 0 Å². The number of nitrogens with zero attached hydrogens (tertiary/aromatic N) is 1. The molecule has 1 saturated heterocycles. The molecule has 4 rings (SSSR count). The number of aryl methyl sites for hydroxylation is 1. The lowest BCUT2D eigenvalue weighted by molar-refractivity contribution is 0.162. The van der Waals surface area contributed by atoms with Crippen molar-refractivity contribution >= 4 is 9.84 Å². The van der Waals surface area contributed by atoms with E-state index in [1.54, 1.807) is 6.92 Å². The van der Waals surface area contributed by atoms with Crippen LogP contribution in [0, 0.1) is 18.7 Å². The summed E-state index contributed by atoms with van der Waals surface area (Å²) >= 11 is 0. The van der Waals surface area contributed by atoms with Gasteiger partial charge in [0.1, 0.15) is 11.2 Å². The lowest BCUT2D eigenvalue weighted by Crippen LogP contribution is -2.52. The van der Waals surface area contributed by atoms with Gasteiger partial charge in [-0.2, -0.15) is 0 Å². The molecule has 0 radical (unpaired) electrons. The fraction of sp³-hybridized carbons (Fsp3) is 0.455. The van der Waals surface area contributed by atoms with Crippen LogP contribution >= 0.6 is 0 Å². The molecule has 1 N–H and O–H groups in total. The van der Waals surface area contributed by atoms with Crippen molar-refractivity contribution < 1.29 is 12.8 Å². The molecule has 0 saturated carbocycles. The number of fused-ring (bicyclic) bond motifs is 1. The van der Waals surface area contributed by atoms with E-state index in [1.165, 1.54) is 29.3 Å². The van der Waals surface area contributed by atoms with Crippen molar-refractivity contribution in [1.82, 2.24) is 10.2 Å². The first-order valence-electron chi connectivity index (χ1n) is 9.98. The first kappa shape index (κ1) is 19.6. The molecule has 0 aliphatic carbocycles. The molecule has 2 atom stereocenters. The van der Waals surface area contributed by atoms with Crippen LogP contribution in [0.3, 0.4) is 0 Å². The predicted molar refractivity (Wildman–Crippen MR) is 108 cm³/mol. The van der Waals surface area contributed by atoms with Gasteiger partial charge >= 0.3 is 0 Å². The molecule has 1 fully saturated rings. The van der Waals surface area contributed by atoms with Gasteiger partial charge in [0.05, 0.1) is 4.90 Å². The largest absolute Gasteiger partial charge is 0.316 e. The molecule has 0 spiro atoms.